The molecule has 0 saturated heterocycles. The highest BCUT2D eigenvalue weighted by atomic mass is 14.9. The number of hydrogen-bond donors (Lipinski definition) is 1. The van der Waals surface area contributed by atoms with Crippen molar-refractivity contribution in [3.8, 4) is 0 Å². The molecule has 0 spiro atoms. The third kappa shape index (κ3) is 7.54. The molecule has 0 aliphatic heterocycles. The third-order valence-electron chi connectivity index (χ3n) is 1.13. The normalized spacial score (nSPS) is 9.90. The van der Waals surface area contributed by atoms with Gasteiger partial charge in [-0.25, -0.2) is 0 Å². The van der Waals surface area contributed by atoms with Gasteiger partial charge in [0.15, 0.2) is 0 Å². The Labute approximate surface area is 65.5 Å². The summed E-state index contributed by atoms with van der Waals surface area (Å²) < 4.78 is 0. The van der Waals surface area contributed by atoms with Crippen LogP contribution in [0, 0.1) is 0 Å². The van der Waals surface area contributed by atoms with Gasteiger partial charge in [-0.2, -0.15) is 0 Å². The van der Waals surface area contributed by atoms with Crippen LogP contribution in [0.1, 0.15) is 41.0 Å². The van der Waals surface area contributed by atoms with Gasteiger partial charge >= 0.3 is 0 Å². The molecule has 0 unspecified atom stereocenters. The van der Waals surface area contributed by atoms with E-state index < -0.39 is 0 Å². The summed E-state index contributed by atoms with van der Waals surface area (Å²) in [6.07, 6.45) is 3.23. The topological polar surface area (TPSA) is 12.0 Å². The van der Waals surface area contributed by atoms with Crippen molar-refractivity contribution in [2.24, 2.45) is 0 Å². The first-order chi connectivity index (χ1) is 4.85. The molecule has 0 aliphatic rings. The molecule has 1 heteroatoms. The highest BCUT2D eigenvalue weighted by Crippen LogP contribution is 1.92. The van der Waals surface area contributed by atoms with Gasteiger partial charge in [-0.05, 0) is 20.3 Å². The van der Waals surface area contributed by atoms with Gasteiger partial charge in [0.05, 0.1) is 0 Å². The number of allylic oxidation sites excluding steroid dienone is 2. The van der Waals surface area contributed by atoms with E-state index in [0.29, 0.717) is 0 Å². The first kappa shape index (κ1) is 12.2. The Balaban J connectivity index is 0. The summed E-state index contributed by atoms with van der Waals surface area (Å²) >= 11 is 0. The number of hydrogen-bond acceptors (Lipinski definition) is 1. The zero-order valence-electron chi connectivity index (χ0n) is 7.99. The maximum absolute atomic E-state index is 3.24. The minimum Gasteiger partial charge on any atom is -0.389 e. The van der Waals surface area contributed by atoms with Gasteiger partial charge in [-0.15, -0.1) is 0 Å². The van der Waals surface area contributed by atoms with Crippen LogP contribution < -0.4 is 5.32 Å². The van der Waals surface area contributed by atoms with E-state index in [2.05, 4.69) is 32.2 Å². The highest BCUT2D eigenvalue weighted by Gasteiger charge is 1.83. The summed E-state index contributed by atoms with van der Waals surface area (Å²) in [5.74, 6) is 0. The first-order valence-corrected chi connectivity index (χ1v) is 4.24. The van der Waals surface area contributed by atoms with Crippen LogP contribution in [0.3, 0.4) is 0 Å². The molecule has 0 rings (SSSR count). The van der Waals surface area contributed by atoms with Crippen LogP contribution in [0.5, 0.6) is 0 Å². The van der Waals surface area contributed by atoms with Crippen molar-refractivity contribution in [3.63, 3.8) is 0 Å². The summed E-state index contributed by atoms with van der Waals surface area (Å²) in [6.45, 7) is 11.4. The lowest BCUT2D eigenvalue weighted by Gasteiger charge is -2.02. The van der Waals surface area contributed by atoms with Gasteiger partial charge in [0.2, 0.25) is 0 Å². The Bertz CT molecular complexity index is 74.8. The Morgan fingerprint density at radius 1 is 1.30 bits per heavy atom. The van der Waals surface area contributed by atoms with E-state index in [4.69, 9.17) is 0 Å². The molecule has 1 N–H and O–H groups in total. The molecular weight excluding hydrogens is 122 g/mol. The molecule has 1 nitrogen and oxygen atoms in total. The molecule has 0 fully saturated rings. The van der Waals surface area contributed by atoms with Gasteiger partial charge in [0.25, 0.3) is 0 Å². The Hall–Kier alpha value is -0.460. The van der Waals surface area contributed by atoms with E-state index in [0.717, 1.165) is 13.0 Å². The molecule has 0 aliphatic carbocycles. The lowest BCUT2D eigenvalue weighted by molar-refractivity contribution is 0.804. The van der Waals surface area contributed by atoms with Gasteiger partial charge in [0, 0.05) is 12.2 Å². The first-order valence-electron chi connectivity index (χ1n) is 4.24. The monoisotopic (exact) mass is 143 g/mol. The minimum atomic E-state index is 1.04. The van der Waals surface area contributed by atoms with E-state index in [1.54, 1.807) is 0 Å². The van der Waals surface area contributed by atoms with Gasteiger partial charge in [-0.1, -0.05) is 26.8 Å². The third-order valence-corrected chi connectivity index (χ3v) is 1.13. The van der Waals surface area contributed by atoms with E-state index in [1.807, 2.05) is 13.8 Å². The molecule has 0 atom stereocenters. The molecule has 10 heavy (non-hydrogen) atoms. The van der Waals surface area contributed by atoms with Crippen molar-refractivity contribution < 1.29 is 0 Å². The molecule has 0 aromatic heterocycles. The van der Waals surface area contributed by atoms with Crippen molar-refractivity contribution in [2.75, 3.05) is 6.54 Å². The zero-order chi connectivity index (χ0) is 8.41. The Morgan fingerprint density at radius 2 is 1.80 bits per heavy atom. The van der Waals surface area contributed by atoms with Crippen LogP contribution in [0.4, 0.5) is 0 Å². The van der Waals surface area contributed by atoms with Crippen LogP contribution in [-0.2, 0) is 0 Å². The van der Waals surface area contributed by atoms with Gasteiger partial charge in [0.1, 0.15) is 0 Å². The predicted octanol–water partition coefficient (Wildman–Crippen LogP) is 2.94. The van der Waals surface area contributed by atoms with Crippen LogP contribution >= 0.6 is 0 Å². The second kappa shape index (κ2) is 11.4. The minimum absolute atomic E-state index is 1.04. The van der Waals surface area contributed by atoms with Crippen LogP contribution in [0.25, 0.3) is 0 Å². The summed E-state index contributed by atoms with van der Waals surface area (Å²) in [5, 5.41) is 3.24. The molecule has 0 amide bonds. The fourth-order valence-corrected chi connectivity index (χ4v) is 0.658. The SMILES string of the molecule is C/C=C(\CC)NCC.CC. The van der Waals surface area contributed by atoms with Crippen LogP contribution in [-0.4, -0.2) is 6.54 Å². The van der Waals surface area contributed by atoms with Crippen LogP contribution in [0.2, 0.25) is 0 Å². The summed E-state index contributed by atoms with van der Waals surface area (Å²) in [6, 6.07) is 0. The fourth-order valence-electron chi connectivity index (χ4n) is 0.658. The number of rotatable bonds is 3. The fraction of sp³-hybridized carbons (Fsp3) is 0.778. The maximum Gasteiger partial charge on any atom is 0.0115 e. The average molecular weight is 143 g/mol. The second-order valence-electron chi connectivity index (χ2n) is 1.70. The molecule has 62 valence electrons. The second-order valence-corrected chi connectivity index (χ2v) is 1.70. The number of nitrogens with one attached hydrogen (secondary N) is 1. The summed E-state index contributed by atoms with van der Waals surface area (Å²) in [4.78, 5) is 0. The van der Waals surface area contributed by atoms with E-state index in [-0.39, 0.29) is 0 Å². The Kier molecular flexibility index (Phi) is 13.9. The maximum atomic E-state index is 3.24. The van der Waals surface area contributed by atoms with E-state index >= 15 is 0 Å². The molecule has 0 aromatic rings. The van der Waals surface area contributed by atoms with Crippen molar-refractivity contribution in [1.29, 1.82) is 0 Å². The molecule has 0 saturated carbocycles. The molecule has 0 aromatic carbocycles. The smallest absolute Gasteiger partial charge is 0.0115 e. The lowest BCUT2D eigenvalue weighted by atomic mass is 10.3. The van der Waals surface area contributed by atoms with Crippen molar-refractivity contribution in [2.45, 2.75) is 41.0 Å². The summed E-state index contributed by atoms with van der Waals surface area (Å²) in [5.41, 5.74) is 1.34. The van der Waals surface area contributed by atoms with E-state index in [1.165, 1.54) is 5.70 Å². The molecule has 0 bridgehead atoms. The molecular formula is C9H21N. The predicted molar refractivity (Wildman–Crippen MR) is 49.1 cm³/mol. The summed E-state index contributed by atoms with van der Waals surface area (Å²) in [7, 11) is 0. The van der Waals surface area contributed by atoms with Gasteiger partial charge < -0.3 is 5.32 Å². The highest BCUT2D eigenvalue weighted by molar-refractivity contribution is 4.95. The standard InChI is InChI=1S/C7H15N.C2H6/c1-4-7(5-2)8-6-3;1-2/h4,8H,5-6H2,1-3H3;1-2H3/b7-4+;. The Morgan fingerprint density at radius 3 is 1.90 bits per heavy atom. The van der Waals surface area contributed by atoms with Crippen molar-refractivity contribution in [3.05, 3.63) is 11.8 Å². The zero-order valence-corrected chi connectivity index (χ0v) is 7.99. The molecule has 0 heterocycles. The average Bonchev–Trinajstić information content (AvgIpc) is 2.04. The van der Waals surface area contributed by atoms with E-state index in [9.17, 15) is 0 Å². The largest absolute Gasteiger partial charge is 0.389 e. The van der Waals surface area contributed by atoms with Crippen molar-refractivity contribution in [1.82, 2.24) is 5.32 Å². The van der Waals surface area contributed by atoms with Crippen LogP contribution in [0.15, 0.2) is 11.8 Å². The lowest BCUT2D eigenvalue weighted by Crippen LogP contribution is -2.10. The molecule has 0 radical (unpaired) electrons. The van der Waals surface area contributed by atoms with Crippen molar-refractivity contribution >= 4 is 0 Å². The van der Waals surface area contributed by atoms with Gasteiger partial charge in [-0.3, -0.25) is 0 Å². The quantitative estimate of drug-likeness (QED) is 0.640.